The molecule has 1 amide bonds. The molecule has 1 aliphatic heterocycles. The minimum absolute atomic E-state index is 0.0758. The zero-order chi connectivity index (χ0) is 14.0. The van der Waals surface area contributed by atoms with Gasteiger partial charge in [-0.3, -0.25) is 4.79 Å². The van der Waals surface area contributed by atoms with Crippen LogP contribution in [0.3, 0.4) is 0 Å². The molecule has 2 heterocycles. The van der Waals surface area contributed by atoms with Crippen molar-refractivity contribution in [2.75, 3.05) is 13.1 Å². The van der Waals surface area contributed by atoms with Gasteiger partial charge in [0.15, 0.2) is 8.68 Å². The summed E-state index contributed by atoms with van der Waals surface area (Å²) in [4.78, 5) is 16.9. The number of carbonyl (C=O) groups excluding carboxylic acids is 1. The average Bonchev–Trinajstić information content (AvgIpc) is 2.88. The van der Waals surface area contributed by atoms with E-state index in [0.29, 0.717) is 19.5 Å². The lowest BCUT2D eigenvalue weighted by Crippen LogP contribution is -2.42. The Balaban J connectivity index is 1.98. The van der Waals surface area contributed by atoms with Crippen molar-refractivity contribution in [3.8, 4) is 0 Å². The Morgan fingerprint density at radius 2 is 2.37 bits per heavy atom. The molecule has 19 heavy (non-hydrogen) atoms. The van der Waals surface area contributed by atoms with Crippen LogP contribution in [0, 0.1) is 0 Å². The van der Waals surface area contributed by atoms with Crippen LogP contribution >= 0.6 is 22.9 Å². The zero-order valence-electron chi connectivity index (χ0n) is 10.3. The number of amides is 1. The van der Waals surface area contributed by atoms with Crippen LogP contribution in [0.2, 0.25) is 4.47 Å². The first-order chi connectivity index (χ1) is 8.88. The summed E-state index contributed by atoms with van der Waals surface area (Å²) in [5, 5.41) is 0. The number of hydrogen-bond donors (Lipinski definition) is 1. The molecule has 0 bridgehead atoms. The molecule has 9 heteroatoms. The van der Waals surface area contributed by atoms with E-state index in [4.69, 9.17) is 11.6 Å². The van der Waals surface area contributed by atoms with Gasteiger partial charge >= 0.3 is 0 Å². The molecule has 0 aliphatic carbocycles. The third kappa shape index (κ3) is 3.65. The molecule has 1 saturated heterocycles. The number of hydrogen-bond acceptors (Lipinski definition) is 5. The van der Waals surface area contributed by atoms with E-state index >= 15 is 0 Å². The molecule has 0 spiro atoms. The van der Waals surface area contributed by atoms with Crippen LogP contribution in [0.4, 0.5) is 0 Å². The summed E-state index contributed by atoms with van der Waals surface area (Å²) in [5.41, 5.74) is 0. The predicted molar refractivity (Wildman–Crippen MR) is 72.7 cm³/mol. The molecule has 1 aliphatic rings. The van der Waals surface area contributed by atoms with Gasteiger partial charge in [0, 0.05) is 25.6 Å². The van der Waals surface area contributed by atoms with E-state index in [1.54, 1.807) is 11.8 Å². The van der Waals surface area contributed by atoms with E-state index in [2.05, 4.69) is 9.71 Å². The van der Waals surface area contributed by atoms with E-state index in [0.717, 1.165) is 17.8 Å². The number of sulfonamides is 1. The minimum atomic E-state index is -3.61. The molecular formula is C10H14ClN3O3S2. The number of likely N-dealkylation sites (tertiary alicyclic amines) is 1. The highest BCUT2D eigenvalue weighted by Crippen LogP contribution is 2.22. The highest BCUT2D eigenvalue weighted by Gasteiger charge is 2.25. The summed E-state index contributed by atoms with van der Waals surface area (Å²) in [5.74, 6) is 0.0758. The van der Waals surface area contributed by atoms with Crippen LogP contribution < -0.4 is 4.72 Å². The summed E-state index contributed by atoms with van der Waals surface area (Å²) in [6, 6.07) is -0.354. The molecule has 1 atom stereocenters. The van der Waals surface area contributed by atoms with Crippen molar-refractivity contribution in [3.05, 3.63) is 10.7 Å². The van der Waals surface area contributed by atoms with E-state index in [-0.39, 0.29) is 20.6 Å². The van der Waals surface area contributed by atoms with Gasteiger partial charge in [0.05, 0.1) is 6.20 Å². The number of nitrogens with one attached hydrogen (secondary N) is 1. The smallest absolute Gasteiger partial charge is 0.252 e. The van der Waals surface area contributed by atoms with Gasteiger partial charge in [0.1, 0.15) is 0 Å². The molecule has 1 aromatic heterocycles. The van der Waals surface area contributed by atoms with Crippen molar-refractivity contribution in [2.24, 2.45) is 0 Å². The Bertz CT molecular complexity index is 572. The van der Waals surface area contributed by atoms with Crippen molar-refractivity contribution in [2.45, 2.75) is 30.0 Å². The van der Waals surface area contributed by atoms with E-state index < -0.39 is 10.0 Å². The number of thiazole rings is 1. The lowest BCUT2D eigenvalue weighted by molar-refractivity contribution is -0.127. The van der Waals surface area contributed by atoms with Gasteiger partial charge in [0.25, 0.3) is 10.0 Å². The number of halogens is 1. The Kier molecular flexibility index (Phi) is 4.44. The fourth-order valence-corrected chi connectivity index (χ4v) is 4.50. The highest BCUT2D eigenvalue weighted by molar-refractivity contribution is 7.91. The third-order valence-electron chi connectivity index (χ3n) is 2.74. The molecule has 1 N–H and O–H groups in total. The van der Waals surface area contributed by atoms with Crippen molar-refractivity contribution in [1.29, 1.82) is 0 Å². The first-order valence-electron chi connectivity index (χ1n) is 5.80. The molecule has 106 valence electrons. The molecule has 1 aromatic rings. The largest absolute Gasteiger partial charge is 0.341 e. The summed E-state index contributed by atoms with van der Waals surface area (Å²) in [7, 11) is -3.61. The van der Waals surface area contributed by atoms with Crippen molar-refractivity contribution in [1.82, 2.24) is 14.6 Å². The molecule has 1 unspecified atom stereocenters. The lowest BCUT2D eigenvalue weighted by atomic mass is 10.3. The summed E-state index contributed by atoms with van der Waals surface area (Å²) < 4.78 is 26.8. The molecular weight excluding hydrogens is 310 g/mol. The van der Waals surface area contributed by atoms with Crippen LogP contribution in [0.15, 0.2) is 10.4 Å². The van der Waals surface area contributed by atoms with Crippen LogP contribution in [0.25, 0.3) is 0 Å². The molecule has 0 aromatic carbocycles. The van der Waals surface area contributed by atoms with Crippen molar-refractivity contribution >= 4 is 38.9 Å². The fourth-order valence-electron chi connectivity index (χ4n) is 1.95. The van der Waals surface area contributed by atoms with Crippen molar-refractivity contribution in [3.63, 3.8) is 0 Å². The highest BCUT2D eigenvalue weighted by atomic mass is 35.5. The maximum Gasteiger partial charge on any atom is 0.252 e. The first-order valence-corrected chi connectivity index (χ1v) is 8.47. The Morgan fingerprint density at radius 1 is 1.63 bits per heavy atom. The first kappa shape index (κ1) is 14.7. The molecule has 0 radical (unpaired) electrons. The van der Waals surface area contributed by atoms with Gasteiger partial charge in [0.2, 0.25) is 5.91 Å². The van der Waals surface area contributed by atoms with Crippen LogP contribution in [-0.4, -0.2) is 43.3 Å². The van der Waals surface area contributed by atoms with Gasteiger partial charge in [-0.15, -0.1) is 0 Å². The quantitative estimate of drug-likeness (QED) is 0.879. The summed E-state index contributed by atoms with van der Waals surface area (Å²) in [6.45, 7) is 2.80. The molecule has 1 fully saturated rings. The van der Waals surface area contributed by atoms with E-state index in [1.165, 1.54) is 6.20 Å². The van der Waals surface area contributed by atoms with Gasteiger partial charge in [-0.05, 0) is 13.3 Å². The maximum absolute atomic E-state index is 12.0. The monoisotopic (exact) mass is 323 g/mol. The Hall–Kier alpha value is -0.700. The van der Waals surface area contributed by atoms with E-state index in [1.807, 2.05) is 0 Å². The summed E-state index contributed by atoms with van der Waals surface area (Å²) >= 11 is 6.53. The number of aromatic nitrogens is 1. The SMILES string of the molecule is CC(CN1CCCC1=O)NS(=O)(=O)c1cnc(Cl)s1. The van der Waals surface area contributed by atoms with Crippen LogP contribution in [0.5, 0.6) is 0 Å². The molecule has 2 rings (SSSR count). The zero-order valence-corrected chi connectivity index (χ0v) is 12.7. The third-order valence-corrected chi connectivity index (χ3v) is 5.91. The van der Waals surface area contributed by atoms with Gasteiger partial charge in [-0.25, -0.2) is 18.1 Å². The standard InChI is InChI=1S/C10H14ClN3O3S2/c1-7(6-14-4-2-3-8(14)15)13-19(16,17)9-5-12-10(11)18-9/h5,7,13H,2-4,6H2,1H3. The normalized spacial score (nSPS) is 18.0. The van der Waals surface area contributed by atoms with Crippen LogP contribution in [-0.2, 0) is 14.8 Å². The second kappa shape index (κ2) is 5.74. The lowest BCUT2D eigenvalue weighted by Gasteiger charge is -2.21. The van der Waals surface area contributed by atoms with Gasteiger partial charge in [-0.1, -0.05) is 22.9 Å². The second-order valence-corrected chi connectivity index (χ2v) is 7.95. The predicted octanol–water partition coefficient (Wildman–Crippen LogP) is 1.09. The van der Waals surface area contributed by atoms with Crippen molar-refractivity contribution < 1.29 is 13.2 Å². The molecule has 6 nitrogen and oxygen atoms in total. The van der Waals surface area contributed by atoms with Crippen LogP contribution in [0.1, 0.15) is 19.8 Å². The summed E-state index contributed by atoms with van der Waals surface area (Å²) in [6.07, 6.45) is 2.61. The number of rotatable bonds is 5. The number of nitrogens with zero attached hydrogens (tertiary/aromatic N) is 2. The fraction of sp³-hybridized carbons (Fsp3) is 0.600. The maximum atomic E-state index is 12.0. The minimum Gasteiger partial charge on any atom is -0.341 e. The van der Waals surface area contributed by atoms with E-state index in [9.17, 15) is 13.2 Å². The van der Waals surface area contributed by atoms with Gasteiger partial charge in [-0.2, -0.15) is 0 Å². The average molecular weight is 324 g/mol. The Morgan fingerprint density at radius 3 is 2.89 bits per heavy atom. The number of carbonyl (C=O) groups is 1. The molecule has 0 saturated carbocycles. The topological polar surface area (TPSA) is 79.4 Å². The van der Waals surface area contributed by atoms with Gasteiger partial charge < -0.3 is 4.90 Å². The Labute approximate surface area is 120 Å². The second-order valence-electron chi connectivity index (χ2n) is 4.40.